The van der Waals surface area contributed by atoms with Crippen molar-refractivity contribution in [1.29, 1.82) is 0 Å². The summed E-state index contributed by atoms with van der Waals surface area (Å²) in [7, 11) is 3.01. The van der Waals surface area contributed by atoms with Crippen molar-refractivity contribution in [2.45, 2.75) is 31.7 Å². The first kappa shape index (κ1) is 17.6. The van der Waals surface area contributed by atoms with Crippen LogP contribution >= 0.6 is 0 Å². The summed E-state index contributed by atoms with van der Waals surface area (Å²) in [6, 6.07) is 13.9. The molecular formula is C22H22O5. The molecule has 2 aromatic rings. The second-order valence-corrected chi connectivity index (χ2v) is 6.99. The van der Waals surface area contributed by atoms with E-state index in [4.69, 9.17) is 18.9 Å². The van der Waals surface area contributed by atoms with Crippen LogP contribution in [0.1, 0.15) is 29.7 Å². The molecule has 0 spiro atoms. The van der Waals surface area contributed by atoms with E-state index < -0.39 is 5.60 Å². The van der Waals surface area contributed by atoms with E-state index in [-0.39, 0.29) is 12.1 Å². The molecule has 0 N–H and O–H groups in total. The molecule has 5 nitrogen and oxygen atoms in total. The van der Waals surface area contributed by atoms with Crippen LogP contribution in [0.5, 0.6) is 11.5 Å². The molecule has 2 atom stereocenters. The summed E-state index contributed by atoms with van der Waals surface area (Å²) in [5.41, 5.74) is 3.05. The van der Waals surface area contributed by atoms with Crippen molar-refractivity contribution in [3.8, 4) is 11.5 Å². The van der Waals surface area contributed by atoms with Crippen LogP contribution in [-0.4, -0.2) is 25.8 Å². The van der Waals surface area contributed by atoms with Gasteiger partial charge in [0.25, 0.3) is 0 Å². The Morgan fingerprint density at radius 3 is 2.67 bits per heavy atom. The number of carbonyl (C=O) groups excluding carboxylic acids is 1. The van der Waals surface area contributed by atoms with Gasteiger partial charge in [0.15, 0.2) is 11.5 Å². The predicted molar refractivity (Wildman–Crippen MR) is 99.8 cm³/mol. The van der Waals surface area contributed by atoms with E-state index in [2.05, 4.69) is 0 Å². The van der Waals surface area contributed by atoms with Crippen molar-refractivity contribution >= 4 is 5.97 Å². The second-order valence-electron chi connectivity index (χ2n) is 6.99. The van der Waals surface area contributed by atoms with E-state index in [1.54, 1.807) is 7.11 Å². The molecule has 2 aliphatic rings. The Morgan fingerprint density at radius 2 is 1.96 bits per heavy atom. The van der Waals surface area contributed by atoms with E-state index >= 15 is 0 Å². The smallest absolute Gasteiger partial charge is 0.336 e. The van der Waals surface area contributed by atoms with Crippen LogP contribution in [0.3, 0.4) is 0 Å². The molecule has 0 amide bonds. The molecule has 2 aromatic carbocycles. The summed E-state index contributed by atoms with van der Waals surface area (Å²) in [5, 5.41) is 0. The summed E-state index contributed by atoms with van der Waals surface area (Å²) >= 11 is 0. The molecule has 0 radical (unpaired) electrons. The van der Waals surface area contributed by atoms with E-state index in [1.807, 2.05) is 55.5 Å². The largest absolute Gasteiger partial charge is 0.493 e. The summed E-state index contributed by atoms with van der Waals surface area (Å²) in [6.07, 6.45) is 2.14. The van der Waals surface area contributed by atoms with E-state index in [9.17, 15) is 4.79 Å². The predicted octanol–water partition coefficient (Wildman–Crippen LogP) is 3.76. The maximum absolute atomic E-state index is 12.1. The lowest BCUT2D eigenvalue weighted by molar-refractivity contribution is -0.139. The zero-order valence-corrected chi connectivity index (χ0v) is 15.7. The molecule has 4 rings (SSSR count). The first-order valence-corrected chi connectivity index (χ1v) is 8.90. The van der Waals surface area contributed by atoms with Gasteiger partial charge < -0.3 is 18.9 Å². The number of methoxy groups -OCH3 is 2. The molecule has 2 heterocycles. The Bertz CT molecular complexity index is 902. The highest BCUT2D eigenvalue weighted by molar-refractivity contribution is 5.91. The van der Waals surface area contributed by atoms with Gasteiger partial charge in [-0.15, -0.1) is 0 Å². The lowest BCUT2D eigenvalue weighted by Crippen LogP contribution is -2.37. The average molecular weight is 366 g/mol. The van der Waals surface area contributed by atoms with Gasteiger partial charge in [0, 0.05) is 6.42 Å². The molecule has 0 fully saturated rings. The van der Waals surface area contributed by atoms with Gasteiger partial charge in [0.05, 0.1) is 19.8 Å². The van der Waals surface area contributed by atoms with Gasteiger partial charge in [-0.1, -0.05) is 30.3 Å². The molecular weight excluding hydrogens is 344 g/mol. The number of esters is 1. The number of hydrogen-bond donors (Lipinski definition) is 0. The van der Waals surface area contributed by atoms with E-state index in [1.165, 1.54) is 7.11 Å². The van der Waals surface area contributed by atoms with Crippen LogP contribution in [0, 0.1) is 0 Å². The molecule has 0 unspecified atom stereocenters. The number of fused-ring (bicyclic) bond motifs is 4. The molecule has 0 saturated heterocycles. The fourth-order valence-corrected chi connectivity index (χ4v) is 3.80. The lowest BCUT2D eigenvalue weighted by atomic mass is 9.87. The minimum absolute atomic E-state index is 0.287. The van der Waals surface area contributed by atoms with E-state index in [0.29, 0.717) is 30.1 Å². The average Bonchev–Trinajstić information content (AvgIpc) is 2.97. The Hall–Kier alpha value is -2.79. The summed E-state index contributed by atoms with van der Waals surface area (Å²) in [4.78, 5) is 12.1. The van der Waals surface area contributed by atoms with Crippen LogP contribution in [-0.2, 0) is 27.3 Å². The highest BCUT2D eigenvalue weighted by Crippen LogP contribution is 2.49. The van der Waals surface area contributed by atoms with Crippen molar-refractivity contribution in [2.75, 3.05) is 14.2 Å². The molecule has 0 saturated carbocycles. The highest BCUT2D eigenvalue weighted by Gasteiger charge is 2.47. The quantitative estimate of drug-likeness (QED) is 0.754. The highest BCUT2D eigenvalue weighted by atomic mass is 16.5. The Balaban J connectivity index is 1.65. The first-order chi connectivity index (χ1) is 13.0. The van der Waals surface area contributed by atoms with Crippen molar-refractivity contribution < 1.29 is 23.7 Å². The molecule has 0 aromatic heterocycles. The van der Waals surface area contributed by atoms with Crippen LogP contribution in [0.25, 0.3) is 0 Å². The number of hydrogen-bond acceptors (Lipinski definition) is 5. The summed E-state index contributed by atoms with van der Waals surface area (Å²) in [6.45, 7) is 2.38. The molecule has 2 aliphatic heterocycles. The number of benzene rings is 2. The molecule has 27 heavy (non-hydrogen) atoms. The number of carbonyl (C=O) groups is 1. The van der Waals surface area contributed by atoms with Crippen LogP contribution in [0.15, 0.2) is 54.1 Å². The van der Waals surface area contributed by atoms with Crippen molar-refractivity contribution in [1.82, 2.24) is 0 Å². The van der Waals surface area contributed by atoms with Gasteiger partial charge in [-0.3, -0.25) is 0 Å². The van der Waals surface area contributed by atoms with Crippen molar-refractivity contribution in [3.63, 3.8) is 0 Å². The fraction of sp³-hybridized carbons (Fsp3) is 0.318. The summed E-state index contributed by atoms with van der Waals surface area (Å²) in [5.74, 6) is 0.988. The third kappa shape index (κ3) is 3.08. The summed E-state index contributed by atoms with van der Waals surface area (Å²) < 4.78 is 22.6. The Kier molecular flexibility index (Phi) is 4.40. The molecule has 0 aliphatic carbocycles. The third-order valence-corrected chi connectivity index (χ3v) is 5.18. The molecule has 2 bridgehead atoms. The fourth-order valence-electron chi connectivity index (χ4n) is 3.80. The van der Waals surface area contributed by atoms with E-state index in [0.717, 1.165) is 16.7 Å². The van der Waals surface area contributed by atoms with Crippen LogP contribution in [0.4, 0.5) is 0 Å². The SMILES string of the molecule is COC(=O)C1=C[C@@H]2O[C@@]1(C)Cc1cc(OCc3ccccc3)c(OC)cc12. The van der Waals surface area contributed by atoms with Gasteiger partial charge >= 0.3 is 5.97 Å². The van der Waals surface area contributed by atoms with Crippen molar-refractivity contribution in [3.05, 3.63) is 70.8 Å². The number of rotatable bonds is 5. The van der Waals surface area contributed by atoms with Crippen molar-refractivity contribution in [2.24, 2.45) is 0 Å². The van der Waals surface area contributed by atoms with Crippen LogP contribution < -0.4 is 9.47 Å². The van der Waals surface area contributed by atoms with Gasteiger partial charge in [0.2, 0.25) is 0 Å². The zero-order chi connectivity index (χ0) is 19.0. The number of ether oxygens (including phenoxy) is 4. The standard InChI is InChI=1S/C22H22O5/c1-22-12-15-9-20(26-13-14-7-5-4-6-8-14)19(24-2)10-16(15)18(27-22)11-17(22)21(23)25-3/h4-11,18H,12-13H2,1-3H3/t18-,22-/m0/s1. The maximum Gasteiger partial charge on any atom is 0.336 e. The molecule has 140 valence electrons. The lowest BCUT2D eigenvalue weighted by Gasteiger charge is -2.34. The van der Waals surface area contributed by atoms with Gasteiger partial charge in [-0.2, -0.15) is 0 Å². The Labute approximate surface area is 158 Å². The third-order valence-electron chi connectivity index (χ3n) is 5.18. The van der Waals surface area contributed by atoms with Crippen LogP contribution in [0.2, 0.25) is 0 Å². The van der Waals surface area contributed by atoms with Gasteiger partial charge in [0.1, 0.15) is 18.3 Å². The maximum atomic E-state index is 12.1. The van der Waals surface area contributed by atoms with Gasteiger partial charge in [-0.25, -0.2) is 4.79 Å². The zero-order valence-electron chi connectivity index (χ0n) is 15.7. The van der Waals surface area contributed by atoms with Gasteiger partial charge in [-0.05, 0) is 41.8 Å². The first-order valence-electron chi connectivity index (χ1n) is 8.90. The normalized spacial score (nSPS) is 22.6. The minimum Gasteiger partial charge on any atom is -0.493 e. The monoisotopic (exact) mass is 366 g/mol. The minimum atomic E-state index is -0.684. The topological polar surface area (TPSA) is 54.0 Å². The molecule has 5 heteroatoms. The Morgan fingerprint density at radius 1 is 1.19 bits per heavy atom. The second kappa shape index (κ2) is 6.74.